The summed E-state index contributed by atoms with van der Waals surface area (Å²) in [5, 5.41) is 0.800. The number of nitrogens with zero attached hydrogens (tertiary/aromatic N) is 1. The maximum Gasteiger partial charge on any atom is 0.306 e. The van der Waals surface area contributed by atoms with E-state index in [4.69, 9.17) is 14.2 Å². The number of carbonyl (C=O) groups excluding carboxylic acids is 1. The first kappa shape index (κ1) is 17.2. The molecular formula is C19H19NO4S. The molecule has 0 saturated carbocycles. The van der Waals surface area contributed by atoms with Crippen LogP contribution in [0.2, 0.25) is 0 Å². The number of aryl methyl sites for hydroxylation is 1. The van der Waals surface area contributed by atoms with Crippen LogP contribution in [0, 0.1) is 0 Å². The summed E-state index contributed by atoms with van der Waals surface area (Å²) in [5.41, 5.74) is 1.85. The zero-order valence-electron chi connectivity index (χ0n) is 14.2. The second-order valence-corrected chi connectivity index (χ2v) is 6.53. The number of fused-ring (bicyclic) bond motifs is 1. The van der Waals surface area contributed by atoms with Crippen molar-refractivity contribution in [2.75, 3.05) is 14.2 Å². The van der Waals surface area contributed by atoms with E-state index in [0.29, 0.717) is 6.42 Å². The van der Waals surface area contributed by atoms with Gasteiger partial charge in [-0.15, -0.1) is 11.3 Å². The van der Waals surface area contributed by atoms with Gasteiger partial charge in [-0.05, 0) is 42.3 Å². The number of methoxy groups -OCH3 is 2. The summed E-state index contributed by atoms with van der Waals surface area (Å²) in [6.45, 7) is 0.202. The molecule has 0 aliphatic rings. The number of hydrogen-bond acceptors (Lipinski definition) is 6. The quantitative estimate of drug-likeness (QED) is 0.599. The SMILES string of the molecule is COc1ccc(OC)c(CCC(=O)OCc2nc3ccccc3s2)c1. The summed E-state index contributed by atoms with van der Waals surface area (Å²) in [6.07, 6.45) is 0.799. The van der Waals surface area contributed by atoms with Gasteiger partial charge in [0, 0.05) is 6.42 Å². The Labute approximate surface area is 150 Å². The van der Waals surface area contributed by atoms with Gasteiger partial charge in [0.15, 0.2) is 0 Å². The number of ether oxygens (including phenoxy) is 3. The average Bonchev–Trinajstić information content (AvgIpc) is 3.07. The van der Waals surface area contributed by atoms with Gasteiger partial charge in [-0.25, -0.2) is 4.98 Å². The first-order chi connectivity index (χ1) is 12.2. The van der Waals surface area contributed by atoms with E-state index in [1.54, 1.807) is 14.2 Å². The fourth-order valence-electron chi connectivity index (χ4n) is 2.51. The van der Waals surface area contributed by atoms with Crippen LogP contribution >= 0.6 is 11.3 Å². The lowest BCUT2D eigenvalue weighted by atomic mass is 10.1. The van der Waals surface area contributed by atoms with E-state index < -0.39 is 0 Å². The average molecular weight is 357 g/mol. The molecule has 0 radical (unpaired) electrons. The molecule has 3 aromatic rings. The van der Waals surface area contributed by atoms with Crippen LogP contribution < -0.4 is 9.47 Å². The standard InChI is InChI=1S/C19H19NO4S/c1-22-14-8-9-16(23-2)13(11-14)7-10-19(21)24-12-18-20-15-5-3-4-6-17(15)25-18/h3-6,8-9,11H,7,10,12H2,1-2H3. The molecule has 0 N–H and O–H groups in total. The number of thiazole rings is 1. The third kappa shape index (κ3) is 4.28. The first-order valence-electron chi connectivity index (χ1n) is 7.90. The minimum absolute atomic E-state index is 0.202. The highest BCUT2D eigenvalue weighted by molar-refractivity contribution is 7.18. The number of esters is 1. The van der Waals surface area contributed by atoms with Gasteiger partial charge in [-0.3, -0.25) is 4.79 Å². The van der Waals surface area contributed by atoms with Crippen molar-refractivity contribution < 1.29 is 19.0 Å². The Morgan fingerprint density at radius 1 is 1.12 bits per heavy atom. The van der Waals surface area contributed by atoms with Crippen LogP contribution in [0.15, 0.2) is 42.5 Å². The molecule has 0 amide bonds. The molecule has 2 aromatic carbocycles. The van der Waals surface area contributed by atoms with Crippen molar-refractivity contribution in [1.29, 1.82) is 0 Å². The molecule has 0 fully saturated rings. The third-order valence-electron chi connectivity index (χ3n) is 3.78. The Bertz CT molecular complexity index is 842. The summed E-state index contributed by atoms with van der Waals surface area (Å²) >= 11 is 1.54. The van der Waals surface area contributed by atoms with Crippen molar-refractivity contribution in [2.45, 2.75) is 19.4 Å². The molecule has 0 aliphatic carbocycles. The molecule has 1 heterocycles. The number of para-hydroxylation sites is 1. The minimum atomic E-state index is -0.260. The number of carbonyl (C=O) groups is 1. The summed E-state index contributed by atoms with van der Waals surface area (Å²) in [5.74, 6) is 1.21. The molecule has 25 heavy (non-hydrogen) atoms. The van der Waals surface area contributed by atoms with E-state index >= 15 is 0 Å². The van der Waals surface area contributed by atoms with Crippen molar-refractivity contribution in [3.05, 3.63) is 53.0 Å². The van der Waals surface area contributed by atoms with E-state index in [1.165, 1.54) is 11.3 Å². The van der Waals surface area contributed by atoms with Crippen molar-refractivity contribution in [2.24, 2.45) is 0 Å². The normalized spacial score (nSPS) is 10.6. The van der Waals surface area contributed by atoms with Crippen LogP contribution in [0.5, 0.6) is 11.5 Å². The Balaban J connectivity index is 1.56. The van der Waals surface area contributed by atoms with Gasteiger partial charge in [0.2, 0.25) is 0 Å². The minimum Gasteiger partial charge on any atom is -0.497 e. The number of benzene rings is 2. The zero-order valence-corrected chi connectivity index (χ0v) is 15.0. The predicted molar refractivity (Wildman–Crippen MR) is 97.3 cm³/mol. The Hall–Kier alpha value is -2.60. The van der Waals surface area contributed by atoms with Gasteiger partial charge in [-0.1, -0.05) is 12.1 Å². The molecule has 0 bridgehead atoms. The molecule has 0 unspecified atom stereocenters. The molecule has 130 valence electrons. The Morgan fingerprint density at radius 3 is 2.72 bits per heavy atom. The number of rotatable bonds is 7. The molecular weight excluding hydrogens is 338 g/mol. The van der Waals surface area contributed by atoms with Crippen LogP contribution in [-0.2, 0) is 22.6 Å². The van der Waals surface area contributed by atoms with Crippen molar-refractivity contribution >= 4 is 27.5 Å². The van der Waals surface area contributed by atoms with Gasteiger partial charge in [0.1, 0.15) is 23.1 Å². The summed E-state index contributed by atoms with van der Waals surface area (Å²) < 4.78 is 17.0. The van der Waals surface area contributed by atoms with Gasteiger partial charge in [0.25, 0.3) is 0 Å². The fraction of sp³-hybridized carbons (Fsp3) is 0.263. The van der Waals surface area contributed by atoms with Crippen LogP contribution in [0.4, 0.5) is 0 Å². The lowest BCUT2D eigenvalue weighted by Gasteiger charge is -2.10. The van der Waals surface area contributed by atoms with Crippen molar-refractivity contribution in [3.8, 4) is 11.5 Å². The topological polar surface area (TPSA) is 57.7 Å². The maximum atomic E-state index is 12.0. The smallest absolute Gasteiger partial charge is 0.306 e. The zero-order chi connectivity index (χ0) is 17.6. The molecule has 0 spiro atoms. The first-order valence-corrected chi connectivity index (χ1v) is 8.72. The summed E-state index contributed by atoms with van der Waals surface area (Å²) in [7, 11) is 3.22. The van der Waals surface area contributed by atoms with Crippen LogP contribution in [0.25, 0.3) is 10.2 Å². The highest BCUT2D eigenvalue weighted by atomic mass is 32.1. The van der Waals surface area contributed by atoms with E-state index in [0.717, 1.165) is 32.3 Å². The highest BCUT2D eigenvalue weighted by Gasteiger charge is 2.11. The van der Waals surface area contributed by atoms with E-state index in [1.807, 2.05) is 42.5 Å². The lowest BCUT2D eigenvalue weighted by molar-refractivity contribution is -0.144. The molecule has 1 aromatic heterocycles. The molecule has 0 atom stereocenters. The molecule has 6 heteroatoms. The molecule has 3 rings (SSSR count). The number of hydrogen-bond donors (Lipinski definition) is 0. The Morgan fingerprint density at radius 2 is 1.96 bits per heavy atom. The second-order valence-electron chi connectivity index (χ2n) is 5.41. The highest BCUT2D eigenvalue weighted by Crippen LogP contribution is 2.25. The molecule has 5 nitrogen and oxygen atoms in total. The van der Waals surface area contributed by atoms with Crippen LogP contribution in [0.1, 0.15) is 17.0 Å². The van der Waals surface area contributed by atoms with E-state index in [-0.39, 0.29) is 19.0 Å². The van der Waals surface area contributed by atoms with Gasteiger partial charge >= 0.3 is 5.97 Å². The van der Waals surface area contributed by atoms with Crippen LogP contribution in [0.3, 0.4) is 0 Å². The van der Waals surface area contributed by atoms with Crippen LogP contribution in [-0.4, -0.2) is 25.2 Å². The summed E-state index contributed by atoms with van der Waals surface area (Å²) in [6, 6.07) is 13.4. The van der Waals surface area contributed by atoms with Gasteiger partial charge in [0.05, 0.1) is 24.4 Å². The van der Waals surface area contributed by atoms with Crippen molar-refractivity contribution in [1.82, 2.24) is 4.98 Å². The third-order valence-corrected chi connectivity index (χ3v) is 4.79. The monoisotopic (exact) mass is 357 g/mol. The lowest BCUT2D eigenvalue weighted by Crippen LogP contribution is -2.06. The summed E-state index contributed by atoms with van der Waals surface area (Å²) in [4.78, 5) is 16.5. The van der Waals surface area contributed by atoms with Gasteiger partial charge < -0.3 is 14.2 Å². The maximum absolute atomic E-state index is 12.0. The largest absolute Gasteiger partial charge is 0.497 e. The van der Waals surface area contributed by atoms with Gasteiger partial charge in [-0.2, -0.15) is 0 Å². The predicted octanol–water partition coefficient (Wildman–Crippen LogP) is 3.99. The van der Waals surface area contributed by atoms with E-state index in [2.05, 4.69) is 4.98 Å². The van der Waals surface area contributed by atoms with Crippen molar-refractivity contribution in [3.63, 3.8) is 0 Å². The van der Waals surface area contributed by atoms with E-state index in [9.17, 15) is 4.79 Å². The second kappa shape index (κ2) is 7.98. The number of aromatic nitrogens is 1. The Kier molecular flexibility index (Phi) is 5.50. The molecule has 0 aliphatic heterocycles. The fourth-order valence-corrected chi connectivity index (χ4v) is 3.39. The molecule has 0 saturated heterocycles.